The van der Waals surface area contributed by atoms with Gasteiger partial charge >= 0.3 is 0 Å². The number of aromatic nitrogens is 2. The predicted octanol–water partition coefficient (Wildman–Crippen LogP) is 3.91. The van der Waals surface area contributed by atoms with Crippen molar-refractivity contribution in [3.63, 3.8) is 0 Å². The van der Waals surface area contributed by atoms with Crippen molar-refractivity contribution in [1.82, 2.24) is 9.97 Å². The van der Waals surface area contributed by atoms with E-state index in [-0.39, 0.29) is 0 Å². The number of imidazole rings is 1. The summed E-state index contributed by atoms with van der Waals surface area (Å²) in [5.41, 5.74) is 2.17. The van der Waals surface area contributed by atoms with Crippen molar-refractivity contribution in [3.05, 3.63) is 28.5 Å². The van der Waals surface area contributed by atoms with Crippen LogP contribution in [0.25, 0.3) is 11.0 Å². The van der Waals surface area contributed by atoms with E-state index in [1.165, 1.54) is 6.42 Å². The number of nitrogens with zero attached hydrogens (tertiary/aromatic N) is 1. The van der Waals surface area contributed by atoms with Gasteiger partial charge in [-0.15, -0.1) is 0 Å². The molecule has 0 saturated carbocycles. The summed E-state index contributed by atoms with van der Waals surface area (Å²) in [6, 6.07) is 6.13. The summed E-state index contributed by atoms with van der Waals surface area (Å²) in [4.78, 5) is 7.90. The number of hydrogen-bond donors (Lipinski definition) is 1. The van der Waals surface area contributed by atoms with E-state index in [0.29, 0.717) is 0 Å². The third-order valence-corrected chi connectivity index (χ3v) is 2.94. The van der Waals surface area contributed by atoms with Gasteiger partial charge in [-0.3, -0.25) is 0 Å². The Morgan fingerprint density at radius 2 is 2.20 bits per heavy atom. The standard InChI is InChI=1S/C12H15BrN2/c1-8(2)3-6-12-14-10-5-4-9(13)7-11(10)15-12/h4-5,7-8H,3,6H2,1-2H3,(H,14,15). The fourth-order valence-corrected chi connectivity index (χ4v) is 1.94. The number of benzene rings is 1. The molecule has 0 radical (unpaired) electrons. The molecule has 0 amide bonds. The molecular weight excluding hydrogens is 252 g/mol. The van der Waals surface area contributed by atoms with Gasteiger partial charge in [0, 0.05) is 10.9 Å². The van der Waals surface area contributed by atoms with Crippen molar-refractivity contribution in [2.24, 2.45) is 5.92 Å². The molecular formula is C12H15BrN2. The Bertz CT molecular complexity index is 460. The molecule has 2 aromatic rings. The summed E-state index contributed by atoms with van der Waals surface area (Å²) in [5, 5.41) is 0. The van der Waals surface area contributed by atoms with Crippen molar-refractivity contribution in [2.45, 2.75) is 26.7 Å². The molecule has 0 saturated heterocycles. The van der Waals surface area contributed by atoms with Crippen LogP contribution in [0.1, 0.15) is 26.1 Å². The molecule has 0 atom stereocenters. The summed E-state index contributed by atoms with van der Waals surface area (Å²) in [6.07, 6.45) is 2.21. The maximum Gasteiger partial charge on any atom is 0.107 e. The van der Waals surface area contributed by atoms with E-state index in [2.05, 4.69) is 45.8 Å². The Morgan fingerprint density at radius 1 is 1.40 bits per heavy atom. The lowest BCUT2D eigenvalue weighted by atomic mass is 10.1. The van der Waals surface area contributed by atoms with Gasteiger partial charge < -0.3 is 4.98 Å². The first-order chi connectivity index (χ1) is 7.15. The Labute approximate surface area is 98.2 Å². The fraction of sp³-hybridized carbons (Fsp3) is 0.417. The van der Waals surface area contributed by atoms with Crippen LogP contribution in [0.3, 0.4) is 0 Å². The van der Waals surface area contributed by atoms with Crippen LogP contribution in [0.4, 0.5) is 0 Å². The molecule has 1 N–H and O–H groups in total. The van der Waals surface area contributed by atoms with Crippen LogP contribution in [-0.2, 0) is 6.42 Å². The molecule has 1 aromatic heterocycles. The molecule has 0 spiro atoms. The Balaban J connectivity index is 2.23. The number of aromatic amines is 1. The van der Waals surface area contributed by atoms with Crippen molar-refractivity contribution >= 4 is 27.0 Å². The molecule has 2 rings (SSSR count). The normalized spacial score (nSPS) is 11.5. The van der Waals surface area contributed by atoms with Crippen LogP contribution in [0.15, 0.2) is 22.7 Å². The van der Waals surface area contributed by atoms with E-state index in [0.717, 1.165) is 33.7 Å². The van der Waals surface area contributed by atoms with Crippen LogP contribution in [-0.4, -0.2) is 9.97 Å². The van der Waals surface area contributed by atoms with Crippen molar-refractivity contribution in [2.75, 3.05) is 0 Å². The molecule has 15 heavy (non-hydrogen) atoms. The summed E-state index contributed by atoms with van der Waals surface area (Å²) < 4.78 is 1.09. The van der Waals surface area contributed by atoms with Gasteiger partial charge in [-0.2, -0.15) is 0 Å². The topological polar surface area (TPSA) is 28.7 Å². The van der Waals surface area contributed by atoms with Crippen LogP contribution in [0.5, 0.6) is 0 Å². The first-order valence-electron chi connectivity index (χ1n) is 5.29. The summed E-state index contributed by atoms with van der Waals surface area (Å²) >= 11 is 3.46. The fourth-order valence-electron chi connectivity index (χ4n) is 1.58. The third-order valence-electron chi connectivity index (χ3n) is 2.45. The molecule has 0 aliphatic rings. The molecule has 0 unspecified atom stereocenters. The highest BCUT2D eigenvalue weighted by molar-refractivity contribution is 9.10. The van der Waals surface area contributed by atoms with Gasteiger partial charge in [0.05, 0.1) is 11.0 Å². The highest BCUT2D eigenvalue weighted by Crippen LogP contribution is 2.18. The van der Waals surface area contributed by atoms with Gasteiger partial charge in [0.25, 0.3) is 0 Å². The largest absolute Gasteiger partial charge is 0.342 e. The number of H-pyrrole nitrogens is 1. The zero-order valence-electron chi connectivity index (χ0n) is 9.05. The van der Waals surface area contributed by atoms with Crippen LogP contribution >= 0.6 is 15.9 Å². The second kappa shape index (κ2) is 4.35. The van der Waals surface area contributed by atoms with Crippen LogP contribution in [0.2, 0.25) is 0 Å². The van der Waals surface area contributed by atoms with E-state index in [4.69, 9.17) is 0 Å². The first kappa shape index (κ1) is 10.7. The molecule has 1 aromatic carbocycles. The Hall–Kier alpha value is -0.830. The number of nitrogens with one attached hydrogen (secondary N) is 1. The molecule has 2 nitrogen and oxygen atoms in total. The SMILES string of the molecule is CC(C)CCc1nc2ccc(Br)cc2[nH]1. The highest BCUT2D eigenvalue weighted by atomic mass is 79.9. The molecule has 3 heteroatoms. The second-order valence-electron chi connectivity index (χ2n) is 4.28. The molecule has 0 aliphatic carbocycles. The number of fused-ring (bicyclic) bond motifs is 1. The summed E-state index contributed by atoms with van der Waals surface area (Å²) in [7, 11) is 0. The van der Waals surface area contributed by atoms with Crippen LogP contribution in [0, 0.1) is 5.92 Å². The van der Waals surface area contributed by atoms with E-state index in [9.17, 15) is 0 Å². The van der Waals surface area contributed by atoms with Gasteiger partial charge in [0.2, 0.25) is 0 Å². The van der Waals surface area contributed by atoms with Gasteiger partial charge in [-0.1, -0.05) is 29.8 Å². The number of aryl methyl sites for hydroxylation is 1. The van der Waals surface area contributed by atoms with Gasteiger partial charge in [0.1, 0.15) is 5.82 Å². The Morgan fingerprint density at radius 3 is 2.93 bits per heavy atom. The highest BCUT2D eigenvalue weighted by Gasteiger charge is 2.03. The minimum Gasteiger partial charge on any atom is -0.342 e. The first-order valence-corrected chi connectivity index (χ1v) is 6.08. The van der Waals surface area contributed by atoms with E-state index < -0.39 is 0 Å². The van der Waals surface area contributed by atoms with Gasteiger partial charge in [-0.05, 0) is 30.5 Å². The lowest BCUT2D eigenvalue weighted by Gasteiger charge is -2.00. The lowest BCUT2D eigenvalue weighted by molar-refractivity contribution is 0.577. The number of rotatable bonds is 3. The third kappa shape index (κ3) is 2.59. The predicted molar refractivity (Wildman–Crippen MR) is 67.0 cm³/mol. The second-order valence-corrected chi connectivity index (χ2v) is 5.19. The number of hydrogen-bond acceptors (Lipinski definition) is 1. The number of halogens is 1. The van der Waals surface area contributed by atoms with E-state index >= 15 is 0 Å². The maximum atomic E-state index is 4.55. The van der Waals surface area contributed by atoms with E-state index in [1.54, 1.807) is 0 Å². The minimum atomic E-state index is 0.727. The maximum absolute atomic E-state index is 4.55. The molecule has 80 valence electrons. The van der Waals surface area contributed by atoms with E-state index in [1.807, 2.05) is 12.1 Å². The van der Waals surface area contributed by atoms with Gasteiger partial charge in [-0.25, -0.2) is 4.98 Å². The van der Waals surface area contributed by atoms with Crippen LogP contribution < -0.4 is 0 Å². The van der Waals surface area contributed by atoms with Gasteiger partial charge in [0.15, 0.2) is 0 Å². The zero-order valence-corrected chi connectivity index (χ0v) is 10.6. The molecule has 0 aliphatic heterocycles. The van der Waals surface area contributed by atoms with Crippen molar-refractivity contribution in [3.8, 4) is 0 Å². The summed E-state index contributed by atoms with van der Waals surface area (Å²) in [6.45, 7) is 4.47. The zero-order chi connectivity index (χ0) is 10.8. The average molecular weight is 267 g/mol. The molecule has 0 bridgehead atoms. The smallest absolute Gasteiger partial charge is 0.107 e. The van der Waals surface area contributed by atoms with Crippen molar-refractivity contribution < 1.29 is 0 Å². The minimum absolute atomic E-state index is 0.727. The summed E-state index contributed by atoms with van der Waals surface area (Å²) in [5.74, 6) is 1.82. The lowest BCUT2D eigenvalue weighted by Crippen LogP contribution is -1.93. The van der Waals surface area contributed by atoms with Crippen molar-refractivity contribution in [1.29, 1.82) is 0 Å². The Kier molecular flexibility index (Phi) is 3.10. The molecule has 0 fully saturated rings. The molecule has 1 heterocycles. The average Bonchev–Trinajstić information content (AvgIpc) is 2.56. The monoisotopic (exact) mass is 266 g/mol. The quantitative estimate of drug-likeness (QED) is 0.897.